The number of hydrogen-bond acceptors (Lipinski definition) is 1. The maximum absolute atomic E-state index is 10.6. The van der Waals surface area contributed by atoms with Crippen molar-refractivity contribution in [3.05, 3.63) is 77.0 Å². The first-order chi connectivity index (χ1) is 12.3. The zero-order valence-electron chi connectivity index (χ0n) is 16.1. The Morgan fingerprint density at radius 1 is 1.31 bits per heavy atom. The predicted octanol–water partition coefficient (Wildman–Crippen LogP) is 4.68. The minimum Gasteiger partial charge on any atom is -0.478 e. The molecule has 0 fully saturated rings. The highest BCUT2D eigenvalue weighted by atomic mass is 16.4. The monoisotopic (exact) mass is 353 g/mol. The fourth-order valence-electron chi connectivity index (χ4n) is 3.52. The molecule has 0 aliphatic heterocycles. The van der Waals surface area contributed by atoms with Gasteiger partial charge in [0.2, 0.25) is 6.33 Å². The summed E-state index contributed by atoms with van der Waals surface area (Å²) in [5.74, 6) is -0.923. The van der Waals surface area contributed by atoms with Gasteiger partial charge in [0.1, 0.15) is 6.20 Å². The van der Waals surface area contributed by atoms with E-state index < -0.39 is 5.97 Å². The zero-order valence-corrected chi connectivity index (χ0v) is 16.1. The maximum atomic E-state index is 10.6. The van der Waals surface area contributed by atoms with Crippen LogP contribution >= 0.6 is 0 Å². The number of carboxylic acid groups (broad SMARTS) is 1. The predicted molar refractivity (Wildman–Crippen MR) is 105 cm³/mol. The molecule has 1 aromatic heterocycles. The maximum Gasteiger partial charge on any atom is 0.328 e. The standard InChI is InChI=1S/C22H28N2O2/c1-16(7-5-8-17(2)13-21(25)26)10-11-19-18(3)9-6-12-22(19,4)20-14-23-15-24-20/h5,7-8,10-11,13-15H,6,9,12H2,1-4H3,(H,23,24)(H,25,26)/p+1/b8-5+,11-10+,16-7+,17-13+/t22-/m1/s1. The van der Waals surface area contributed by atoms with Crippen LogP contribution in [0.15, 0.2) is 71.3 Å². The number of aliphatic carboxylic acids is 1. The molecule has 0 saturated heterocycles. The van der Waals surface area contributed by atoms with E-state index in [1.807, 2.05) is 18.5 Å². The number of hydrogen-bond donors (Lipinski definition) is 2. The first kappa shape index (κ1) is 19.7. The van der Waals surface area contributed by atoms with Crippen molar-refractivity contribution in [1.82, 2.24) is 4.98 Å². The Morgan fingerprint density at radius 2 is 2.08 bits per heavy atom. The SMILES string of the molecule is CC1=C(/C=C/C(C)=C/C=C/C(C)=C/C(=O)O)[C@](C)(c2c[nH+]c[nH]2)CCC1. The quantitative estimate of drug-likeness (QED) is 0.576. The molecule has 1 atom stereocenters. The van der Waals surface area contributed by atoms with Crippen molar-refractivity contribution in [2.24, 2.45) is 0 Å². The summed E-state index contributed by atoms with van der Waals surface area (Å²) in [7, 11) is 0. The minimum absolute atomic E-state index is 0.00420. The molecule has 1 aliphatic rings. The lowest BCUT2D eigenvalue weighted by Gasteiger charge is -2.33. The van der Waals surface area contributed by atoms with Gasteiger partial charge in [-0.1, -0.05) is 41.5 Å². The van der Waals surface area contributed by atoms with E-state index in [1.165, 1.54) is 29.3 Å². The summed E-state index contributed by atoms with van der Waals surface area (Å²) in [5.41, 5.74) is 5.86. The summed E-state index contributed by atoms with van der Waals surface area (Å²) in [5, 5.41) is 8.73. The van der Waals surface area contributed by atoms with Crippen LogP contribution in [0.4, 0.5) is 0 Å². The highest BCUT2D eigenvalue weighted by Crippen LogP contribution is 2.42. The van der Waals surface area contributed by atoms with Crippen molar-refractivity contribution in [3.63, 3.8) is 0 Å². The van der Waals surface area contributed by atoms with Crippen molar-refractivity contribution < 1.29 is 14.9 Å². The number of aromatic amines is 2. The van der Waals surface area contributed by atoms with Crippen LogP contribution in [0.2, 0.25) is 0 Å². The van der Waals surface area contributed by atoms with Gasteiger partial charge in [-0.25, -0.2) is 9.78 Å². The molecule has 0 saturated carbocycles. The van der Waals surface area contributed by atoms with Crippen LogP contribution in [0.25, 0.3) is 0 Å². The number of allylic oxidation sites excluding steroid dienone is 9. The number of carboxylic acids is 1. The van der Waals surface area contributed by atoms with Gasteiger partial charge in [-0.2, -0.15) is 0 Å². The van der Waals surface area contributed by atoms with Crippen LogP contribution in [0.5, 0.6) is 0 Å². The van der Waals surface area contributed by atoms with Gasteiger partial charge < -0.3 is 5.11 Å². The molecule has 3 N–H and O–H groups in total. The van der Waals surface area contributed by atoms with Crippen molar-refractivity contribution in [3.8, 4) is 0 Å². The normalized spacial score (nSPS) is 22.6. The number of aromatic nitrogens is 2. The van der Waals surface area contributed by atoms with Crippen LogP contribution in [0.1, 0.15) is 52.7 Å². The Hall–Kier alpha value is -2.62. The molecule has 1 aromatic rings. The first-order valence-corrected chi connectivity index (χ1v) is 9.02. The van der Waals surface area contributed by atoms with E-state index in [2.05, 4.69) is 49.1 Å². The van der Waals surface area contributed by atoms with E-state index in [0.717, 1.165) is 18.4 Å². The second kappa shape index (κ2) is 8.65. The molecule has 138 valence electrons. The van der Waals surface area contributed by atoms with Gasteiger partial charge in [-0.15, -0.1) is 0 Å². The van der Waals surface area contributed by atoms with Gasteiger partial charge in [-0.05, 0) is 58.1 Å². The lowest BCUT2D eigenvalue weighted by atomic mass is 9.69. The van der Waals surface area contributed by atoms with Crippen LogP contribution in [-0.4, -0.2) is 16.1 Å². The van der Waals surface area contributed by atoms with Crippen LogP contribution in [-0.2, 0) is 10.2 Å². The number of rotatable bonds is 6. The minimum atomic E-state index is -0.923. The van der Waals surface area contributed by atoms with Crippen molar-refractivity contribution in [2.45, 2.75) is 52.4 Å². The molecule has 1 aliphatic carbocycles. The highest BCUT2D eigenvalue weighted by molar-refractivity contribution is 5.81. The second-order valence-electron chi connectivity index (χ2n) is 7.22. The Balaban J connectivity index is 2.20. The molecule has 1 heterocycles. The molecule has 26 heavy (non-hydrogen) atoms. The van der Waals surface area contributed by atoms with Gasteiger partial charge in [0.15, 0.2) is 5.69 Å². The van der Waals surface area contributed by atoms with E-state index in [1.54, 1.807) is 13.0 Å². The first-order valence-electron chi connectivity index (χ1n) is 9.02. The fourth-order valence-corrected chi connectivity index (χ4v) is 3.52. The van der Waals surface area contributed by atoms with E-state index >= 15 is 0 Å². The van der Waals surface area contributed by atoms with E-state index in [9.17, 15) is 4.79 Å². The topological polar surface area (TPSA) is 67.2 Å². The average Bonchev–Trinajstić information content (AvgIpc) is 3.09. The smallest absolute Gasteiger partial charge is 0.328 e. The lowest BCUT2D eigenvalue weighted by Crippen LogP contribution is -2.28. The summed E-state index contributed by atoms with van der Waals surface area (Å²) in [4.78, 5) is 17.1. The van der Waals surface area contributed by atoms with E-state index in [4.69, 9.17) is 5.11 Å². The molecule has 0 unspecified atom stereocenters. The molecule has 4 nitrogen and oxygen atoms in total. The fraction of sp³-hybridized carbons (Fsp3) is 0.364. The average molecular weight is 353 g/mol. The largest absolute Gasteiger partial charge is 0.478 e. The molecule has 0 radical (unpaired) electrons. The van der Waals surface area contributed by atoms with Gasteiger partial charge >= 0.3 is 5.97 Å². The third-order valence-corrected chi connectivity index (χ3v) is 5.00. The molecular formula is C22H29N2O2+. The summed E-state index contributed by atoms with van der Waals surface area (Å²) < 4.78 is 0. The lowest BCUT2D eigenvalue weighted by molar-refractivity contribution is -0.376. The second-order valence-corrected chi connectivity index (χ2v) is 7.22. The molecule has 0 aromatic carbocycles. The Labute approximate surface area is 155 Å². The molecule has 2 rings (SSSR count). The number of nitrogens with one attached hydrogen (secondary N) is 2. The van der Waals surface area contributed by atoms with Crippen molar-refractivity contribution in [2.75, 3.05) is 0 Å². The molecule has 0 bridgehead atoms. The summed E-state index contributed by atoms with van der Waals surface area (Å²) in [6.45, 7) is 8.35. The van der Waals surface area contributed by atoms with Gasteiger partial charge in [0, 0.05) is 6.08 Å². The summed E-state index contributed by atoms with van der Waals surface area (Å²) >= 11 is 0. The van der Waals surface area contributed by atoms with Gasteiger partial charge in [0.25, 0.3) is 0 Å². The van der Waals surface area contributed by atoms with Gasteiger partial charge in [0.05, 0.1) is 5.41 Å². The third kappa shape index (κ3) is 4.94. The zero-order chi connectivity index (χ0) is 19.2. The third-order valence-electron chi connectivity index (χ3n) is 5.00. The Morgan fingerprint density at radius 3 is 2.73 bits per heavy atom. The molecular weight excluding hydrogens is 324 g/mol. The molecule has 0 spiro atoms. The Bertz CT molecular complexity index is 792. The van der Waals surface area contributed by atoms with Crippen molar-refractivity contribution in [1.29, 1.82) is 0 Å². The summed E-state index contributed by atoms with van der Waals surface area (Å²) in [6.07, 6.45) is 18.6. The van der Waals surface area contributed by atoms with Crippen LogP contribution < -0.4 is 4.98 Å². The molecule has 4 heteroatoms. The van der Waals surface area contributed by atoms with Crippen molar-refractivity contribution >= 4 is 5.97 Å². The summed E-state index contributed by atoms with van der Waals surface area (Å²) in [6, 6.07) is 0. The van der Waals surface area contributed by atoms with Gasteiger partial charge in [-0.3, -0.25) is 4.98 Å². The van der Waals surface area contributed by atoms with Crippen LogP contribution in [0.3, 0.4) is 0 Å². The van der Waals surface area contributed by atoms with Crippen LogP contribution in [0, 0.1) is 0 Å². The highest BCUT2D eigenvalue weighted by Gasteiger charge is 2.37. The number of carbonyl (C=O) groups is 1. The number of imidazole rings is 1. The van der Waals surface area contributed by atoms with E-state index in [0.29, 0.717) is 5.57 Å². The number of H-pyrrole nitrogens is 2. The Kier molecular flexibility index (Phi) is 6.56. The van der Waals surface area contributed by atoms with E-state index in [-0.39, 0.29) is 5.41 Å². The molecule has 0 amide bonds.